The monoisotopic (exact) mass is 427 g/mol. The third-order valence-electron chi connectivity index (χ3n) is 4.19. The van der Waals surface area contributed by atoms with Crippen molar-refractivity contribution < 1.29 is 34.1 Å². The molecule has 3 N–H and O–H groups in total. The Morgan fingerprint density at radius 2 is 1.84 bits per heavy atom. The van der Waals surface area contributed by atoms with E-state index in [1.54, 1.807) is 54.6 Å². The molecule has 0 spiro atoms. The number of benzene rings is 2. The zero-order valence-electron chi connectivity index (χ0n) is 16.9. The molecular weight excluding hydrogens is 402 g/mol. The number of imide groups is 1. The predicted molar refractivity (Wildman–Crippen MR) is 113 cm³/mol. The molecule has 0 aromatic heterocycles. The van der Waals surface area contributed by atoms with Crippen molar-refractivity contribution in [1.29, 1.82) is 0 Å². The van der Waals surface area contributed by atoms with Crippen molar-refractivity contribution in [1.82, 2.24) is 5.32 Å². The number of aliphatic hydroxyl groups excluding tert-OH is 1. The van der Waals surface area contributed by atoms with Gasteiger partial charge in [0.25, 0.3) is 5.91 Å². The van der Waals surface area contributed by atoms with Gasteiger partial charge in [0.15, 0.2) is 0 Å². The highest BCUT2D eigenvalue weighted by atomic mass is 16.6. The van der Waals surface area contributed by atoms with Gasteiger partial charge in [0.05, 0.1) is 6.61 Å². The maximum absolute atomic E-state index is 12.3. The number of rotatable bonds is 11. The average molecular weight is 427 g/mol. The zero-order valence-corrected chi connectivity index (χ0v) is 16.9. The number of nitrogens with one attached hydrogen (secondary N) is 1. The van der Waals surface area contributed by atoms with Crippen LogP contribution in [0.2, 0.25) is 0 Å². The smallest absolute Gasteiger partial charge is 0.414 e. The first-order chi connectivity index (χ1) is 15.0. The molecule has 0 aliphatic rings. The standard InChI is InChI=1S/C23H25NO7/c25-14-15-30-19-11-7-10-18(16-19)20(12-5-2-6-13-21(26)27)31-23(29)24-22(28)17-8-3-1-4-9-17/h1,3-4,6-11,13,16,20,25H,2,5,12,14-15H2,(H,26,27)(H,24,28,29)/b13-6+/t20-/m0/s1. The number of alkyl carbamates (subject to hydrolysis) is 1. The molecule has 0 bridgehead atoms. The van der Waals surface area contributed by atoms with Crippen LogP contribution >= 0.6 is 0 Å². The molecule has 0 radical (unpaired) electrons. The van der Waals surface area contributed by atoms with Crippen LogP contribution in [0.5, 0.6) is 5.75 Å². The van der Waals surface area contributed by atoms with Gasteiger partial charge >= 0.3 is 12.1 Å². The molecule has 0 heterocycles. The third kappa shape index (κ3) is 8.71. The number of aliphatic carboxylic acids is 1. The highest BCUT2D eigenvalue weighted by molar-refractivity contribution is 6.02. The van der Waals surface area contributed by atoms with Crippen LogP contribution < -0.4 is 10.1 Å². The topological polar surface area (TPSA) is 122 Å². The van der Waals surface area contributed by atoms with E-state index in [4.69, 9.17) is 19.7 Å². The van der Waals surface area contributed by atoms with Crippen LogP contribution in [-0.2, 0) is 9.53 Å². The minimum Gasteiger partial charge on any atom is -0.491 e. The highest BCUT2D eigenvalue weighted by Gasteiger charge is 2.19. The summed E-state index contributed by atoms with van der Waals surface area (Å²) in [5.41, 5.74) is 0.981. The van der Waals surface area contributed by atoms with E-state index in [1.807, 2.05) is 0 Å². The third-order valence-corrected chi connectivity index (χ3v) is 4.19. The molecule has 0 aliphatic heterocycles. The summed E-state index contributed by atoms with van der Waals surface area (Å²) in [5, 5.41) is 19.8. The first-order valence-corrected chi connectivity index (χ1v) is 9.79. The van der Waals surface area contributed by atoms with E-state index in [1.165, 1.54) is 6.08 Å². The van der Waals surface area contributed by atoms with E-state index in [9.17, 15) is 14.4 Å². The van der Waals surface area contributed by atoms with Crippen molar-refractivity contribution in [3.63, 3.8) is 0 Å². The lowest BCUT2D eigenvalue weighted by Crippen LogP contribution is -2.32. The first kappa shape index (κ1) is 23.6. The molecule has 31 heavy (non-hydrogen) atoms. The number of hydrogen-bond acceptors (Lipinski definition) is 6. The fraction of sp³-hybridized carbons (Fsp3) is 0.261. The summed E-state index contributed by atoms with van der Waals surface area (Å²) in [6, 6.07) is 15.2. The zero-order chi connectivity index (χ0) is 22.5. The van der Waals surface area contributed by atoms with Crippen molar-refractivity contribution in [2.75, 3.05) is 13.2 Å². The number of unbranched alkanes of at least 4 members (excludes halogenated alkanes) is 1. The fourth-order valence-electron chi connectivity index (χ4n) is 2.78. The molecule has 2 aromatic rings. The van der Waals surface area contributed by atoms with Crippen LogP contribution in [0.3, 0.4) is 0 Å². The quantitative estimate of drug-likeness (QED) is 0.371. The van der Waals surface area contributed by atoms with Crippen LogP contribution in [0.1, 0.15) is 41.3 Å². The Morgan fingerprint density at radius 3 is 2.55 bits per heavy atom. The van der Waals surface area contributed by atoms with Crippen molar-refractivity contribution >= 4 is 18.0 Å². The van der Waals surface area contributed by atoms with Crippen molar-refractivity contribution in [2.24, 2.45) is 0 Å². The molecule has 0 fully saturated rings. The van der Waals surface area contributed by atoms with Gasteiger partial charge in [-0.25, -0.2) is 9.59 Å². The Balaban J connectivity index is 2.06. The molecule has 0 unspecified atom stereocenters. The summed E-state index contributed by atoms with van der Waals surface area (Å²) in [5.74, 6) is -1.10. The van der Waals surface area contributed by atoms with Gasteiger partial charge in [-0.2, -0.15) is 0 Å². The van der Waals surface area contributed by atoms with Crippen molar-refractivity contribution in [2.45, 2.75) is 25.4 Å². The van der Waals surface area contributed by atoms with Crippen LogP contribution in [0.25, 0.3) is 0 Å². The van der Waals surface area contributed by atoms with Gasteiger partial charge < -0.3 is 19.7 Å². The van der Waals surface area contributed by atoms with Gasteiger partial charge in [-0.05, 0) is 49.1 Å². The number of hydrogen-bond donors (Lipinski definition) is 3. The number of carbonyl (C=O) groups excluding carboxylic acids is 2. The molecule has 0 saturated heterocycles. The van der Waals surface area contributed by atoms with Gasteiger partial charge in [-0.3, -0.25) is 10.1 Å². The Kier molecular flexibility index (Phi) is 9.77. The summed E-state index contributed by atoms with van der Waals surface area (Å²) in [7, 11) is 0. The number of amides is 2. The number of ether oxygens (including phenoxy) is 2. The Morgan fingerprint density at radius 1 is 1.06 bits per heavy atom. The molecular formula is C23H25NO7. The van der Waals surface area contributed by atoms with E-state index >= 15 is 0 Å². The van der Waals surface area contributed by atoms with Crippen molar-refractivity contribution in [3.8, 4) is 5.75 Å². The lowest BCUT2D eigenvalue weighted by molar-refractivity contribution is -0.131. The Labute approximate surface area is 180 Å². The van der Waals surface area contributed by atoms with E-state index in [0.29, 0.717) is 36.1 Å². The first-order valence-electron chi connectivity index (χ1n) is 9.79. The van der Waals surface area contributed by atoms with E-state index in [2.05, 4.69) is 5.32 Å². The molecule has 8 heteroatoms. The van der Waals surface area contributed by atoms with Gasteiger partial charge in [-0.1, -0.05) is 36.4 Å². The lowest BCUT2D eigenvalue weighted by atomic mass is 10.0. The number of allylic oxidation sites excluding steroid dienone is 1. The van der Waals surface area contributed by atoms with Gasteiger partial charge in [0.2, 0.25) is 0 Å². The normalized spacial score (nSPS) is 11.6. The molecule has 2 amide bonds. The lowest BCUT2D eigenvalue weighted by Gasteiger charge is -2.19. The second kappa shape index (κ2) is 12.8. The minimum absolute atomic E-state index is 0.126. The number of carboxylic acid groups (broad SMARTS) is 1. The highest BCUT2D eigenvalue weighted by Crippen LogP contribution is 2.27. The summed E-state index contributed by atoms with van der Waals surface area (Å²) in [6.45, 7) is -0.00883. The van der Waals surface area contributed by atoms with Crippen LogP contribution in [0, 0.1) is 0 Å². The van der Waals surface area contributed by atoms with Crippen LogP contribution in [-0.4, -0.2) is 41.4 Å². The van der Waals surface area contributed by atoms with Gasteiger partial charge in [0, 0.05) is 11.6 Å². The summed E-state index contributed by atoms with van der Waals surface area (Å²) >= 11 is 0. The van der Waals surface area contributed by atoms with Crippen LogP contribution in [0.15, 0.2) is 66.7 Å². The second-order valence-electron chi connectivity index (χ2n) is 6.53. The number of aliphatic hydroxyl groups is 1. The minimum atomic E-state index is -1.03. The molecule has 2 aromatic carbocycles. The number of carbonyl (C=O) groups is 3. The number of carboxylic acids is 1. The van der Waals surface area contributed by atoms with Crippen molar-refractivity contribution in [3.05, 3.63) is 77.9 Å². The summed E-state index contributed by atoms with van der Waals surface area (Å²) < 4.78 is 10.9. The fourth-order valence-corrected chi connectivity index (χ4v) is 2.78. The van der Waals surface area contributed by atoms with E-state index in [-0.39, 0.29) is 13.2 Å². The molecule has 0 aliphatic carbocycles. The van der Waals surface area contributed by atoms with Gasteiger partial charge in [0.1, 0.15) is 18.5 Å². The maximum atomic E-state index is 12.3. The predicted octanol–water partition coefficient (Wildman–Crippen LogP) is 3.48. The van der Waals surface area contributed by atoms with Gasteiger partial charge in [-0.15, -0.1) is 0 Å². The van der Waals surface area contributed by atoms with E-state index in [0.717, 1.165) is 6.08 Å². The summed E-state index contributed by atoms with van der Waals surface area (Å²) in [6.07, 6.45) is 2.46. The Hall–Kier alpha value is -3.65. The molecule has 1 atom stereocenters. The SMILES string of the molecule is O=C(O)/C=C/CCC[C@H](OC(=O)NC(=O)c1ccccc1)c1cccc(OCCO)c1. The molecule has 8 nitrogen and oxygen atoms in total. The second-order valence-corrected chi connectivity index (χ2v) is 6.53. The molecule has 164 valence electrons. The van der Waals surface area contributed by atoms with E-state index < -0.39 is 24.1 Å². The molecule has 2 rings (SSSR count). The largest absolute Gasteiger partial charge is 0.491 e. The molecule has 0 saturated carbocycles. The Bertz CT molecular complexity index is 896. The van der Waals surface area contributed by atoms with Crippen LogP contribution in [0.4, 0.5) is 4.79 Å². The average Bonchev–Trinajstić information content (AvgIpc) is 2.77. The summed E-state index contributed by atoms with van der Waals surface area (Å²) in [4.78, 5) is 35.1. The maximum Gasteiger partial charge on any atom is 0.414 e.